The van der Waals surface area contributed by atoms with Gasteiger partial charge in [0.2, 0.25) is 0 Å². The molecule has 2 nitrogen and oxygen atoms in total. The van der Waals surface area contributed by atoms with E-state index in [4.69, 9.17) is 4.74 Å². The first-order chi connectivity index (χ1) is 7.15. The van der Waals surface area contributed by atoms with Crippen LogP contribution < -0.4 is 10.1 Å². The molecule has 0 spiro atoms. The highest BCUT2D eigenvalue weighted by Crippen LogP contribution is 2.41. The molecule has 1 unspecified atom stereocenters. The predicted octanol–water partition coefficient (Wildman–Crippen LogP) is 3.09. The van der Waals surface area contributed by atoms with Crippen LogP contribution in [-0.4, -0.2) is 13.7 Å². The summed E-state index contributed by atoms with van der Waals surface area (Å²) in [6.07, 6.45) is 1.39. The molecule has 1 N–H and O–H groups in total. The Kier molecular flexibility index (Phi) is 2.55. The maximum atomic E-state index is 14.3. The Hall–Kier alpha value is -1.25. The zero-order valence-corrected chi connectivity index (χ0v) is 9.14. The highest BCUT2D eigenvalue weighted by molar-refractivity contribution is 5.64. The average molecular weight is 209 g/mol. The smallest absolute Gasteiger partial charge is 0.142 e. The lowest BCUT2D eigenvalue weighted by atomic mass is 9.92. The molecule has 0 aliphatic carbocycles. The van der Waals surface area contributed by atoms with Gasteiger partial charge in [-0.1, -0.05) is 12.1 Å². The average Bonchev–Trinajstić information content (AvgIpc) is 2.38. The molecule has 1 aromatic rings. The van der Waals surface area contributed by atoms with Crippen molar-refractivity contribution in [2.45, 2.75) is 25.4 Å². The molecule has 3 heteroatoms. The van der Waals surface area contributed by atoms with E-state index in [1.807, 2.05) is 18.2 Å². The number of hydrogen-bond donors (Lipinski definition) is 1. The van der Waals surface area contributed by atoms with E-state index < -0.39 is 5.67 Å². The van der Waals surface area contributed by atoms with E-state index in [0.29, 0.717) is 12.0 Å². The molecular formula is C12H16FNO. The maximum Gasteiger partial charge on any atom is 0.142 e. The normalized spacial score (nSPS) is 25.0. The van der Waals surface area contributed by atoms with Crippen molar-refractivity contribution in [3.8, 4) is 5.75 Å². The molecule has 15 heavy (non-hydrogen) atoms. The molecule has 2 rings (SSSR count). The van der Waals surface area contributed by atoms with Gasteiger partial charge in [0.15, 0.2) is 0 Å². The molecule has 1 atom stereocenters. The van der Waals surface area contributed by atoms with Crippen LogP contribution in [0.2, 0.25) is 0 Å². The van der Waals surface area contributed by atoms with Crippen LogP contribution in [0.15, 0.2) is 18.2 Å². The van der Waals surface area contributed by atoms with Gasteiger partial charge in [-0.3, -0.25) is 0 Å². The minimum Gasteiger partial charge on any atom is -0.495 e. The number of alkyl halides is 1. The van der Waals surface area contributed by atoms with Gasteiger partial charge in [-0.25, -0.2) is 4.39 Å². The number of benzene rings is 1. The van der Waals surface area contributed by atoms with Crippen LogP contribution in [0.1, 0.15) is 25.3 Å². The van der Waals surface area contributed by atoms with Gasteiger partial charge >= 0.3 is 0 Å². The number of anilines is 1. The number of hydrogen-bond acceptors (Lipinski definition) is 2. The standard InChI is InChI=1S/C12H16FNO/c1-12(13)7-4-8-14-11-9(12)5-3-6-10(11)15-2/h3,5-6,14H,4,7-8H2,1-2H3. The van der Waals surface area contributed by atoms with Crippen LogP contribution in [0.4, 0.5) is 10.1 Å². The van der Waals surface area contributed by atoms with Gasteiger partial charge in [0.05, 0.1) is 12.8 Å². The molecule has 82 valence electrons. The van der Waals surface area contributed by atoms with Crippen LogP contribution in [-0.2, 0) is 5.67 Å². The zero-order valence-electron chi connectivity index (χ0n) is 9.14. The molecule has 1 heterocycles. The van der Waals surface area contributed by atoms with Gasteiger partial charge in [-0.05, 0) is 25.8 Å². The molecule has 0 aromatic heterocycles. The fraction of sp³-hybridized carbons (Fsp3) is 0.500. The second kappa shape index (κ2) is 3.72. The lowest BCUT2D eigenvalue weighted by molar-refractivity contribution is 0.178. The van der Waals surface area contributed by atoms with Crippen molar-refractivity contribution in [3.63, 3.8) is 0 Å². The van der Waals surface area contributed by atoms with Crippen molar-refractivity contribution in [2.24, 2.45) is 0 Å². The van der Waals surface area contributed by atoms with Crippen LogP contribution in [0.5, 0.6) is 5.75 Å². The van der Waals surface area contributed by atoms with Crippen molar-refractivity contribution in [3.05, 3.63) is 23.8 Å². The van der Waals surface area contributed by atoms with E-state index in [2.05, 4.69) is 5.32 Å². The summed E-state index contributed by atoms with van der Waals surface area (Å²) in [6.45, 7) is 2.44. The van der Waals surface area contributed by atoms with Crippen molar-refractivity contribution in [1.82, 2.24) is 0 Å². The molecule has 1 aromatic carbocycles. The Labute approximate surface area is 89.4 Å². The van der Waals surface area contributed by atoms with Crippen molar-refractivity contribution >= 4 is 5.69 Å². The minimum absolute atomic E-state index is 0.556. The first-order valence-electron chi connectivity index (χ1n) is 5.25. The Morgan fingerprint density at radius 1 is 1.47 bits per heavy atom. The topological polar surface area (TPSA) is 21.3 Å². The van der Waals surface area contributed by atoms with E-state index in [1.54, 1.807) is 14.0 Å². The summed E-state index contributed by atoms with van der Waals surface area (Å²) in [5, 5.41) is 3.24. The quantitative estimate of drug-likeness (QED) is 0.767. The summed E-state index contributed by atoms with van der Waals surface area (Å²) in [7, 11) is 1.61. The second-order valence-corrected chi connectivity index (χ2v) is 4.11. The van der Waals surface area contributed by atoms with Crippen LogP contribution in [0, 0.1) is 0 Å². The number of fused-ring (bicyclic) bond motifs is 1. The SMILES string of the molecule is COc1cccc2c1NCCCC2(C)F. The third kappa shape index (κ3) is 1.78. The monoisotopic (exact) mass is 209 g/mol. The van der Waals surface area contributed by atoms with Gasteiger partial charge in [0.1, 0.15) is 11.4 Å². The lowest BCUT2D eigenvalue weighted by Gasteiger charge is -2.21. The van der Waals surface area contributed by atoms with Gasteiger partial charge < -0.3 is 10.1 Å². The van der Waals surface area contributed by atoms with E-state index in [1.165, 1.54) is 0 Å². The summed E-state index contributed by atoms with van der Waals surface area (Å²) in [6, 6.07) is 5.52. The van der Waals surface area contributed by atoms with Gasteiger partial charge in [-0.15, -0.1) is 0 Å². The fourth-order valence-corrected chi connectivity index (χ4v) is 2.09. The molecule has 0 saturated heterocycles. The summed E-state index contributed by atoms with van der Waals surface area (Å²) < 4.78 is 19.6. The Balaban J connectivity index is 2.54. The van der Waals surface area contributed by atoms with E-state index in [0.717, 1.165) is 24.4 Å². The summed E-state index contributed by atoms with van der Waals surface area (Å²) in [4.78, 5) is 0. The van der Waals surface area contributed by atoms with Crippen molar-refractivity contribution in [2.75, 3.05) is 19.0 Å². The van der Waals surface area contributed by atoms with E-state index >= 15 is 0 Å². The van der Waals surface area contributed by atoms with Gasteiger partial charge in [0.25, 0.3) is 0 Å². The predicted molar refractivity (Wildman–Crippen MR) is 59.2 cm³/mol. The first kappa shape index (κ1) is 10.3. The number of rotatable bonds is 1. The zero-order chi connectivity index (χ0) is 10.9. The van der Waals surface area contributed by atoms with Crippen LogP contribution >= 0.6 is 0 Å². The van der Waals surface area contributed by atoms with Crippen molar-refractivity contribution < 1.29 is 9.13 Å². The number of nitrogens with one attached hydrogen (secondary N) is 1. The molecule has 0 saturated carbocycles. The second-order valence-electron chi connectivity index (χ2n) is 4.11. The molecule has 1 aliphatic heterocycles. The third-order valence-electron chi connectivity index (χ3n) is 2.93. The molecule has 1 aliphatic rings. The largest absolute Gasteiger partial charge is 0.495 e. The minimum atomic E-state index is -1.26. The Morgan fingerprint density at radius 3 is 3.00 bits per heavy atom. The van der Waals surface area contributed by atoms with Crippen LogP contribution in [0.25, 0.3) is 0 Å². The third-order valence-corrected chi connectivity index (χ3v) is 2.93. The number of halogens is 1. The Bertz CT molecular complexity index is 363. The highest BCUT2D eigenvalue weighted by Gasteiger charge is 2.31. The molecular weight excluding hydrogens is 193 g/mol. The lowest BCUT2D eigenvalue weighted by Crippen LogP contribution is -2.14. The molecule has 0 radical (unpaired) electrons. The Morgan fingerprint density at radius 2 is 2.27 bits per heavy atom. The highest BCUT2D eigenvalue weighted by atomic mass is 19.1. The van der Waals surface area contributed by atoms with Gasteiger partial charge in [0, 0.05) is 12.1 Å². The summed E-state index contributed by atoms with van der Waals surface area (Å²) in [5.41, 5.74) is 0.259. The van der Waals surface area contributed by atoms with E-state index in [-0.39, 0.29) is 0 Å². The molecule has 0 fully saturated rings. The molecule has 0 amide bonds. The first-order valence-corrected chi connectivity index (χ1v) is 5.25. The summed E-state index contributed by atoms with van der Waals surface area (Å²) in [5.74, 6) is 0.721. The maximum absolute atomic E-state index is 14.3. The number of methoxy groups -OCH3 is 1. The van der Waals surface area contributed by atoms with Crippen LogP contribution in [0.3, 0.4) is 0 Å². The fourth-order valence-electron chi connectivity index (χ4n) is 2.09. The number of ether oxygens (including phenoxy) is 1. The van der Waals surface area contributed by atoms with Crippen molar-refractivity contribution in [1.29, 1.82) is 0 Å². The molecule has 0 bridgehead atoms. The van der Waals surface area contributed by atoms with Gasteiger partial charge in [-0.2, -0.15) is 0 Å². The summed E-state index contributed by atoms with van der Waals surface area (Å²) >= 11 is 0. The number of para-hydroxylation sites is 1. The van der Waals surface area contributed by atoms with E-state index in [9.17, 15) is 4.39 Å².